The molecule has 1 atom stereocenters. The summed E-state index contributed by atoms with van der Waals surface area (Å²) in [5.74, 6) is 0. The summed E-state index contributed by atoms with van der Waals surface area (Å²) in [7, 11) is 0. The van der Waals surface area contributed by atoms with Crippen LogP contribution < -0.4 is 0 Å². The van der Waals surface area contributed by atoms with E-state index in [-0.39, 0.29) is 6.04 Å². The summed E-state index contributed by atoms with van der Waals surface area (Å²) < 4.78 is 0. The zero-order chi connectivity index (χ0) is 20.3. The van der Waals surface area contributed by atoms with Crippen LogP contribution in [0.25, 0.3) is 0 Å². The standard InChI is InChI=1S/C27H28BrN/c1-22(13-11-12-20-28)21-26(23-14-5-2-6-15-23)29-27(24-16-7-3-8-17-24)25-18-9-4-10-19-25/h2-10,14-19,26H,1,11-13,20-21H2. The number of aliphatic imine (C=N–C) groups is 1. The van der Waals surface area contributed by atoms with E-state index in [1.165, 1.54) is 24.0 Å². The molecule has 0 aromatic heterocycles. The van der Waals surface area contributed by atoms with Crippen molar-refractivity contribution in [1.29, 1.82) is 0 Å². The second-order valence-electron chi connectivity index (χ2n) is 7.24. The smallest absolute Gasteiger partial charge is 0.0793 e. The van der Waals surface area contributed by atoms with Crippen LogP contribution in [0.4, 0.5) is 0 Å². The highest BCUT2D eigenvalue weighted by Gasteiger charge is 2.15. The zero-order valence-electron chi connectivity index (χ0n) is 16.8. The van der Waals surface area contributed by atoms with Crippen LogP contribution in [-0.4, -0.2) is 11.0 Å². The molecular weight excluding hydrogens is 418 g/mol. The minimum Gasteiger partial charge on any atom is -0.276 e. The summed E-state index contributed by atoms with van der Waals surface area (Å²) in [5.41, 5.74) is 5.82. The predicted octanol–water partition coefficient (Wildman–Crippen LogP) is 7.78. The molecule has 0 saturated heterocycles. The highest BCUT2D eigenvalue weighted by Crippen LogP contribution is 2.28. The van der Waals surface area contributed by atoms with E-state index in [0.29, 0.717) is 0 Å². The Hall–Kier alpha value is -2.45. The first-order valence-electron chi connectivity index (χ1n) is 10.2. The van der Waals surface area contributed by atoms with Crippen LogP contribution in [0.15, 0.2) is 108 Å². The number of benzene rings is 3. The number of hydrogen-bond acceptors (Lipinski definition) is 1. The summed E-state index contributed by atoms with van der Waals surface area (Å²) in [5, 5.41) is 1.05. The van der Waals surface area contributed by atoms with Crippen molar-refractivity contribution >= 4 is 21.6 Å². The Kier molecular flexibility index (Phi) is 8.45. The van der Waals surface area contributed by atoms with Crippen molar-refractivity contribution in [3.8, 4) is 0 Å². The van der Waals surface area contributed by atoms with Crippen LogP contribution in [0.3, 0.4) is 0 Å². The Morgan fingerprint density at radius 3 is 1.79 bits per heavy atom. The maximum atomic E-state index is 5.30. The molecule has 1 unspecified atom stereocenters. The minimum atomic E-state index is 0.0584. The van der Waals surface area contributed by atoms with E-state index in [9.17, 15) is 0 Å². The molecule has 2 heteroatoms. The fourth-order valence-corrected chi connectivity index (χ4v) is 3.82. The van der Waals surface area contributed by atoms with Crippen molar-refractivity contribution in [2.24, 2.45) is 4.99 Å². The quantitative estimate of drug-likeness (QED) is 0.131. The predicted molar refractivity (Wildman–Crippen MR) is 129 cm³/mol. The molecule has 3 aromatic rings. The lowest BCUT2D eigenvalue weighted by atomic mass is 9.95. The SMILES string of the molecule is C=C(CCCCBr)CC(N=C(c1ccccc1)c1ccccc1)c1ccccc1. The maximum Gasteiger partial charge on any atom is 0.0793 e. The van der Waals surface area contributed by atoms with E-state index < -0.39 is 0 Å². The average molecular weight is 446 g/mol. The Labute approximate surface area is 183 Å². The Bertz CT molecular complexity index is 860. The van der Waals surface area contributed by atoms with Gasteiger partial charge in [0.15, 0.2) is 0 Å². The van der Waals surface area contributed by atoms with Gasteiger partial charge in [0.1, 0.15) is 0 Å². The Morgan fingerprint density at radius 1 is 0.759 bits per heavy atom. The molecule has 0 bridgehead atoms. The van der Waals surface area contributed by atoms with Crippen molar-refractivity contribution in [2.75, 3.05) is 5.33 Å². The number of unbranched alkanes of at least 4 members (excludes halogenated alkanes) is 1. The molecule has 148 valence electrons. The number of hydrogen-bond donors (Lipinski definition) is 0. The van der Waals surface area contributed by atoms with E-state index in [0.717, 1.165) is 35.0 Å². The number of halogens is 1. The molecule has 0 heterocycles. The molecule has 0 spiro atoms. The van der Waals surface area contributed by atoms with Gasteiger partial charge in [0.25, 0.3) is 0 Å². The second-order valence-corrected chi connectivity index (χ2v) is 8.03. The summed E-state index contributed by atoms with van der Waals surface area (Å²) in [6, 6.07) is 31.6. The molecule has 0 amide bonds. The average Bonchev–Trinajstić information content (AvgIpc) is 2.78. The lowest BCUT2D eigenvalue weighted by Gasteiger charge is -2.18. The molecule has 3 aromatic carbocycles. The zero-order valence-corrected chi connectivity index (χ0v) is 18.4. The van der Waals surface area contributed by atoms with Gasteiger partial charge in [-0.05, 0) is 31.2 Å². The molecule has 0 aliphatic heterocycles. The van der Waals surface area contributed by atoms with E-state index in [2.05, 4.69) is 101 Å². The molecule has 29 heavy (non-hydrogen) atoms. The van der Waals surface area contributed by atoms with Crippen LogP contribution in [0.1, 0.15) is 48.4 Å². The van der Waals surface area contributed by atoms with Gasteiger partial charge < -0.3 is 0 Å². The van der Waals surface area contributed by atoms with Crippen LogP contribution in [-0.2, 0) is 0 Å². The van der Waals surface area contributed by atoms with Gasteiger partial charge in [-0.15, -0.1) is 0 Å². The largest absolute Gasteiger partial charge is 0.276 e. The first kappa shape index (κ1) is 21.3. The van der Waals surface area contributed by atoms with E-state index in [1.54, 1.807) is 0 Å². The van der Waals surface area contributed by atoms with Crippen molar-refractivity contribution < 1.29 is 0 Å². The monoisotopic (exact) mass is 445 g/mol. The van der Waals surface area contributed by atoms with Gasteiger partial charge in [-0.1, -0.05) is 119 Å². The van der Waals surface area contributed by atoms with Crippen LogP contribution >= 0.6 is 15.9 Å². The van der Waals surface area contributed by atoms with Crippen molar-refractivity contribution in [3.05, 3.63) is 120 Å². The summed E-state index contributed by atoms with van der Waals surface area (Å²) in [6.07, 6.45) is 4.27. The number of alkyl halides is 1. The van der Waals surface area contributed by atoms with Crippen molar-refractivity contribution in [1.82, 2.24) is 0 Å². The Morgan fingerprint density at radius 2 is 1.28 bits per heavy atom. The van der Waals surface area contributed by atoms with Gasteiger partial charge in [-0.3, -0.25) is 4.99 Å². The van der Waals surface area contributed by atoms with E-state index in [4.69, 9.17) is 4.99 Å². The topological polar surface area (TPSA) is 12.4 Å². The van der Waals surface area contributed by atoms with Crippen LogP contribution in [0.2, 0.25) is 0 Å². The first-order valence-corrected chi connectivity index (χ1v) is 11.4. The third-order valence-corrected chi connectivity index (χ3v) is 5.52. The first-order chi connectivity index (χ1) is 14.3. The molecule has 0 radical (unpaired) electrons. The maximum absolute atomic E-state index is 5.30. The molecule has 0 aliphatic rings. The highest BCUT2D eigenvalue weighted by molar-refractivity contribution is 9.09. The third kappa shape index (κ3) is 6.54. The van der Waals surface area contributed by atoms with Crippen LogP contribution in [0.5, 0.6) is 0 Å². The number of nitrogens with zero attached hydrogens (tertiary/aromatic N) is 1. The molecule has 3 rings (SSSR count). The van der Waals surface area contributed by atoms with Crippen molar-refractivity contribution in [2.45, 2.75) is 31.7 Å². The lowest BCUT2D eigenvalue weighted by molar-refractivity contribution is 0.675. The van der Waals surface area contributed by atoms with Crippen molar-refractivity contribution in [3.63, 3.8) is 0 Å². The van der Waals surface area contributed by atoms with Crippen LogP contribution in [0, 0.1) is 0 Å². The molecular formula is C27H28BrN. The third-order valence-electron chi connectivity index (χ3n) is 4.96. The van der Waals surface area contributed by atoms with Gasteiger partial charge in [-0.25, -0.2) is 0 Å². The van der Waals surface area contributed by atoms with E-state index in [1.807, 2.05) is 12.1 Å². The molecule has 1 nitrogen and oxygen atoms in total. The Balaban J connectivity index is 1.97. The number of rotatable bonds is 10. The van der Waals surface area contributed by atoms with Gasteiger partial charge >= 0.3 is 0 Å². The summed E-state index contributed by atoms with van der Waals surface area (Å²) >= 11 is 3.52. The van der Waals surface area contributed by atoms with Gasteiger partial charge in [0, 0.05) is 16.5 Å². The molecule has 0 saturated carbocycles. The molecule has 0 aliphatic carbocycles. The normalized spacial score (nSPS) is 11.6. The van der Waals surface area contributed by atoms with E-state index >= 15 is 0 Å². The highest BCUT2D eigenvalue weighted by atomic mass is 79.9. The van der Waals surface area contributed by atoms with Gasteiger partial charge in [0.05, 0.1) is 11.8 Å². The fourth-order valence-electron chi connectivity index (χ4n) is 3.42. The summed E-state index contributed by atoms with van der Waals surface area (Å²) in [4.78, 5) is 5.30. The van der Waals surface area contributed by atoms with Gasteiger partial charge in [0.2, 0.25) is 0 Å². The molecule has 0 fully saturated rings. The lowest BCUT2D eigenvalue weighted by Crippen LogP contribution is -2.08. The fraction of sp³-hybridized carbons (Fsp3) is 0.222. The van der Waals surface area contributed by atoms with Gasteiger partial charge in [-0.2, -0.15) is 0 Å². The second kappa shape index (κ2) is 11.5. The molecule has 0 N–H and O–H groups in total. The minimum absolute atomic E-state index is 0.0584. The summed E-state index contributed by atoms with van der Waals surface area (Å²) in [6.45, 7) is 4.36.